The lowest BCUT2D eigenvalue weighted by molar-refractivity contribution is -0.137. The molecule has 0 unspecified atom stereocenters. The summed E-state index contributed by atoms with van der Waals surface area (Å²) in [6, 6.07) is 16.2. The third-order valence-corrected chi connectivity index (χ3v) is 5.42. The molecule has 0 spiro atoms. The standard InChI is InChI=1S/C20H14F3N3O2S/c21-20(22,23)14-5-3-4-13(10-14)19-25-16-9-8-12(11-17(16)26-19)15-6-1-2-7-18(15)29(24,27)28/h1-11H,(H,25,26)(H2,24,27,28). The second kappa shape index (κ2) is 6.71. The van der Waals surface area contributed by atoms with Crippen LogP contribution < -0.4 is 5.14 Å². The number of H-pyrrole nitrogens is 1. The van der Waals surface area contributed by atoms with Crippen LogP contribution in [0, 0.1) is 0 Å². The molecule has 0 bridgehead atoms. The number of nitrogens with zero attached hydrogens (tertiary/aromatic N) is 1. The Morgan fingerprint density at radius 2 is 1.66 bits per heavy atom. The monoisotopic (exact) mass is 417 g/mol. The first-order valence-corrected chi connectivity index (χ1v) is 9.97. The van der Waals surface area contributed by atoms with E-state index in [0.717, 1.165) is 12.1 Å². The number of aromatic nitrogens is 2. The molecule has 0 aliphatic rings. The van der Waals surface area contributed by atoms with E-state index in [1.807, 2.05) is 0 Å². The molecule has 5 nitrogen and oxygen atoms in total. The number of imidazole rings is 1. The number of primary sulfonamides is 1. The van der Waals surface area contributed by atoms with Crippen molar-refractivity contribution in [2.24, 2.45) is 5.14 Å². The summed E-state index contributed by atoms with van der Waals surface area (Å²) in [7, 11) is -3.93. The van der Waals surface area contributed by atoms with Crippen molar-refractivity contribution >= 4 is 21.1 Å². The lowest BCUT2D eigenvalue weighted by atomic mass is 10.1. The van der Waals surface area contributed by atoms with Gasteiger partial charge in [-0.25, -0.2) is 18.5 Å². The molecule has 0 saturated heterocycles. The number of hydrogen-bond acceptors (Lipinski definition) is 3. The van der Waals surface area contributed by atoms with Crippen LogP contribution >= 0.6 is 0 Å². The summed E-state index contributed by atoms with van der Waals surface area (Å²) in [6.07, 6.45) is -4.45. The number of fused-ring (bicyclic) bond motifs is 1. The molecule has 0 radical (unpaired) electrons. The number of nitrogens with one attached hydrogen (secondary N) is 1. The molecule has 148 valence electrons. The molecule has 0 saturated carbocycles. The van der Waals surface area contributed by atoms with Gasteiger partial charge in [0.15, 0.2) is 0 Å². The molecule has 0 aliphatic carbocycles. The minimum Gasteiger partial charge on any atom is -0.338 e. The van der Waals surface area contributed by atoms with Crippen LogP contribution in [0.1, 0.15) is 5.56 Å². The van der Waals surface area contributed by atoms with Gasteiger partial charge in [-0.05, 0) is 35.9 Å². The van der Waals surface area contributed by atoms with Crippen molar-refractivity contribution < 1.29 is 21.6 Å². The average Bonchev–Trinajstić information content (AvgIpc) is 3.10. The summed E-state index contributed by atoms with van der Waals surface area (Å²) in [5, 5.41) is 5.30. The average molecular weight is 417 g/mol. The van der Waals surface area contributed by atoms with Gasteiger partial charge in [0.2, 0.25) is 10.0 Å². The molecule has 3 N–H and O–H groups in total. The van der Waals surface area contributed by atoms with E-state index in [0.29, 0.717) is 27.7 Å². The summed E-state index contributed by atoms with van der Waals surface area (Å²) in [5.74, 6) is 0.281. The topological polar surface area (TPSA) is 88.8 Å². The first-order chi connectivity index (χ1) is 13.6. The van der Waals surface area contributed by atoms with Gasteiger partial charge in [0, 0.05) is 11.1 Å². The van der Waals surface area contributed by atoms with Gasteiger partial charge in [-0.15, -0.1) is 0 Å². The predicted molar refractivity (Wildman–Crippen MR) is 103 cm³/mol. The van der Waals surface area contributed by atoms with Crippen molar-refractivity contribution in [3.8, 4) is 22.5 Å². The van der Waals surface area contributed by atoms with Gasteiger partial charge < -0.3 is 4.98 Å². The second-order valence-corrected chi connectivity index (χ2v) is 7.97. The first kappa shape index (κ1) is 19.2. The summed E-state index contributed by atoms with van der Waals surface area (Å²) >= 11 is 0. The third kappa shape index (κ3) is 3.74. The molecule has 9 heteroatoms. The molecule has 0 aliphatic heterocycles. The number of aromatic amines is 1. The first-order valence-electron chi connectivity index (χ1n) is 8.42. The van der Waals surface area contributed by atoms with E-state index in [2.05, 4.69) is 9.97 Å². The number of nitrogens with two attached hydrogens (primary N) is 1. The highest BCUT2D eigenvalue weighted by Gasteiger charge is 2.30. The molecule has 3 aromatic carbocycles. The Kier molecular flexibility index (Phi) is 4.44. The zero-order valence-electron chi connectivity index (χ0n) is 14.7. The molecule has 4 aromatic rings. The van der Waals surface area contributed by atoms with E-state index in [-0.39, 0.29) is 10.7 Å². The maximum Gasteiger partial charge on any atom is 0.416 e. The highest BCUT2D eigenvalue weighted by molar-refractivity contribution is 7.89. The van der Waals surface area contributed by atoms with Crippen LogP contribution in [0.2, 0.25) is 0 Å². The minimum atomic E-state index is -4.45. The Balaban J connectivity index is 1.81. The minimum absolute atomic E-state index is 0.0204. The molecule has 1 aromatic heterocycles. The van der Waals surface area contributed by atoms with E-state index < -0.39 is 21.8 Å². The van der Waals surface area contributed by atoms with Crippen LogP contribution in [-0.4, -0.2) is 18.4 Å². The summed E-state index contributed by atoms with van der Waals surface area (Å²) in [6.45, 7) is 0. The van der Waals surface area contributed by atoms with Crippen LogP contribution in [0.15, 0.2) is 71.6 Å². The third-order valence-electron chi connectivity index (χ3n) is 4.45. The van der Waals surface area contributed by atoms with Crippen LogP contribution in [-0.2, 0) is 16.2 Å². The number of sulfonamides is 1. The van der Waals surface area contributed by atoms with Gasteiger partial charge in [0.25, 0.3) is 0 Å². The predicted octanol–water partition coefficient (Wildman–Crippen LogP) is 4.56. The van der Waals surface area contributed by atoms with E-state index in [1.165, 1.54) is 18.2 Å². The van der Waals surface area contributed by atoms with Crippen molar-refractivity contribution in [2.75, 3.05) is 0 Å². The number of rotatable bonds is 3. The van der Waals surface area contributed by atoms with Crippen molar-refractivity contribution in [2.45, 2.75) is 11.1 Å². The normalized spacial score (nSPS) is 12.4. The van der Waals surface area contributed by atoms with E-state index in [4.69, 9.17) is 5.14 Å². The molecule has 0 atom stereocenters. The van der Waals surface area contributed by atoms with E-state index in [1.54, 1.807) is 36.4 Å². The van der Waals surface area contributed by atoms with Crippen LogP contribution in [0.25, 0.3) is 33.5 Å². The maximum atomic E-state index is 13.0. The largest absolute Gasteiger partial charge is 0.416 e. The molecular weight excluding hydrogens is 403 g/mol. The Morgan fingerprint density at radius 3 is 2.38 bits per heavy atom. The zero-order chi connectivity index (χ0) is 20.8. The maximum absolute atomic E-state index is 13.0. The SMILES string of the molecule is NS(=O)(=O)c1ccccc1-c1ccc2[nH]c(-c3cccc(C(F)(F)F)c3)nc2c1. The fourth-order valence-corrected chi connectivity index (χ4v) is 3.87. The van der Waals surface area contributed by atoms with Crippen LogP contribution in [0.3, 0.4) is 0 Å². The van der Waals surface area contributed by atoms with Crippen molar-refractivity contribution in [1.82, 2.24) is 9.97 Å². The van der Waals surface area contributed by atoms with Crippen LogP contribution in [0.4, 0.5) is 13.2 Å². The van der Waals surface area contributed by atoms with Gasteiger partial charge >= 0.3 is 6.18 Å². The van der Waals surface area contributed by atoms with Crippen molar-refractivity contribution in [3.05, 3.63) is 72.3 Å². The molecule has 4 rings (SSSR count). The van der Waals surface area contributed by atoms with Crippen molar-refractivity contribution in [3.63, 3.8) is 0 Å². The van der Waals surface area contributed by atoms with Crippen molar-refractivity contribution in [1.29, 1.82) is 0 Å². The number of benzene rings is 3. The number of halogens is 3. The van der Waals surface area contributed by atoms with Gasteiger partial charge in [-0.3, -0.25) is 0 Å². The lowest BCUT2D eigenvalue weighted by Crippen LogP contribution is -2.13. The van der Waals surface area contributed by atoms with Gasteiger partial charge in [-0.2, -0.15) is 13.2 Å². The van der Waals surface area contributed by atoms with Gasteiger partial charge in [-0.1, -0.05) is 36.4 Å². The Labute approximate surface area is 164 Å². The quantitative estimate of drug-likeness (QED) is 0.512. The Hall–Kier alpha value is -3.17. The summed E-state index contributed by atoms with van der Waals surface area (Å²) in [5.41, 5.74) is 1.61. The van der Waals surface area contributed by atoms with E-state index in [9.17, 15) is 21.6 Å². The van der Waals surface area contributed by atoms with E-state index >= 15 is 0 Å². The fourth-order valence-electron chi connectivity index (χ4n) is 3.11. The number of alkyl halides is 3. The highest BCUT2D eigenvalue weighted by atomic mass is 32.2. The smallest absolute Gasteiger partial charge is 0.338 e. The molecular formula is C20H14F3N3O2S. The molecule has 29 heavy (non-hydrogen) atoms. The molecule has 0 amide bonds. The highest BCUT2D eigenvalue weighted by Crippen LogP contribution is 2.33. The summed E-state index contributed by atoms with van der Waals surface area (Å²) < 4.78 is 62.6. The van der Waals surface area contributed by atoms with Gasteiger partial charge in [0.05, 0.1) is 21.5 Å². The number of hydrogen-bond donors (Lipinski definition) is 2. The fraction of sp³-hybridized carbons (Fsp3) is 0.0500. The molecule has 0 fully saturated rings. The summed E-state index contributed by atoms with van der Waals surface area (Å²) in [4.78, 5) is 7.35. The Morgan fingerprint density at radius 1 is 0.897 bits per heavy atom. The Bertz CT molecular complexity index is 1330. The zero-order valence-corrected chi connectivity index (χ0v) is 15.6. The van der Waals surface area contributed by atoms with Gasteiger partial charge in [0.1, 0.15) is 5.82 Å². The van der Waals surface area contributed by atoms with Crippen LogP contribution in [0.5, 0.6) is 0 Å². The lowest BCUT2D eigenvalue weighted by Gasteiger charge is -2.07. The molecule has 1 heterocycles. The second-order valence-electron chi connectivity index (χ2n) is 6.44.